The van der Waals surface area contributed by atoms with Crippen LogP contribution in [0.2, 0.25) is 0 Å². The number of nitrogens with one attached hydrogen (secondary N) is 1. The quantitative estimate of drug-likeness (QED) is 0.751. The third-order valence-electron chi connectivity index (χ3n) is 2.53. The van der Waals surface area contributed by atoms with Crippen molar-refractivity contribution in [2.24, 2.45) is 0 Å². The van der Waals surface area contributed by atoms with Gasteiger partial charge in [-0.15, -0.1) is 0 Å². The van der Waals surface area contributed by atoms with E-state index in [9.17, 15) is 4.79 Å². The van der Waals surface area contributed by atoms with Gasteiger partial charge in [0.05, 0.1) is 9.26 Å². The largest absolute Gasteiger partial charge is 0.306 e. The van der Waals surface area contributed by atoms with E-state index in [-0.39, 0.29) is 11.5 Å². The molecule has 0 aliphatic rings. The summed E-state index contributed by atoms with van der Waals surface area (Å²) in [6.07, 6.45) is 0. The van der Waals surface area contributed by atoms with Crippen LogP contribution < -0.4 is 5.56 Å². The van der Waals surface area contributed by atoms with Gasteiger partial charge < -0.3 is 4.98 Å². The van der Waals surface area contributed by atoms with Crippen LogP contribution in [0.15, 0.2) is 33.5 Å². The molecule has 0 aliphatic heterocycles. The molecular formula is C13H12BrIN2O. The zero-order valence-electron chi connectivity index (χ0n) is 10.00. The normalized spacial score (nSPS) is 10.9. The fraction of sp³-hybridized carbons (Fsp3) is 0.231. The number of H-pyrrole nitrogens is 1. The summed E-state index contributed by atoms with van der Waals surface area (Å²) in [5.41, 5.74) is 1.67. The molecule has 1 aromatic heterocycles. The average Bonchev–Trinajstić information content (AvgIpc) is 2.32. The summed E-state index contributed by atoms with van der Waals surface area (Å²) in [7, 11) is 0. The Morgan fingerprint density at radius 1 is 1.39 bits per heavy atom. The molecule has 2 rings (SSSR count). The van der Waals surface area contributed by atoms with Crippen LogP contribution in [0.25, 0.3) is 11.4 Å². The minimum absolute atomic E-state index is 0.0794. The van der Waals surface area contributed by atoms with Gasteiger partial charge in [0.1, 0.15) is 5.82 Å². The number of halogens is 2. The maximum atomic E-state index is 11.9. The van der Waals surface area contributed by atoms with Crippen molar-refractivity contribution in [2.75, 3.05) is 0 Å². The minimum Gasteiger partial charge on any atom is -0.306 e. The molecule has 1 heterocycles. The lowest BCUT2D eigenvalue weighted by molar-refractivity contribution is 0.802. The first-order chi connectivity index (χ1) is 8.49. The van der Waals surface area contributed by atoms with E-state index < -0.39 is 0 Å². The van der Waals surface area contributed by atoms with Crippen LogP contribution >= 0.6 is 38.5 Å². The highest BCUT2D eigenvalue weighted by atomic mass is 127. The molecular weight excluding hydrogens is 407 g/mol. The Bertz CT molecular complexity index is 637. The molecule has 3 nitrogen and oxygen atoms in total. The first-order valence-electron chi connectivity index (χ1n) is 5.54. The molecule has 0 aliphatic carbocycles. The van der Waals surface area contributed by atoms with Gasteiger partial charge in [-0.2, -0.15) is 0 Å². The van der Waals surface area contributed by atoms with Gasteiger partial charge >= 0.3 is 0 Å². The van der Waals surface area contributed by atoms with Gasteiger partial charge in [-0.05, 0) is 40.6 Å². The van der Waals surface area contributed by atoms with Crippen LogP contribution in [0.4, 0.5) is 0 Å². The molecule has 5 heteroatoms. The molecule has 2 aromatic rings. The number of aromatic amines is 1. The molecule has 0 saturated carbocycles. The first-order valence-corrected chi connectivity index (χ1v) is 7.42. The van der Waals surface area contributed by atoms with Gasteiger partial charge in [-0.1, -0.05) is 41.9 Å². The first kappa shape index (κ1) is 13.7. The molecule has 94 valence electrons. The van der Waals surface area contributed by atoms with Crippen molar-refractivity contribution >= 4 is 38.5 Å². The summed E-state index contributed by atoms with van der Waals surface area (Å²) in [5, 5.41) is 0. The van der Waals surface area contributed by atoms with Crippen molar-refractivity contribution in [1.82, 2.24) is 9.97 Å². The van der Waals surface area contributed by atoms with E-state index in [4.69, 9.17) is 0 Å². The second-order valence-corrected chi connectivity index (χ2v) is 6.27. The van der Waals surface area contributed by atoms with Crippen LogP contribution in [0, 0.1) is 3.57 Å². The van der Waals surface area contributed by atoms with Crippen LogP contribution in [0.5, 0.6) is 0 Å². The molecule has 18 heavy (non-hydrogen) atoms. The Kier molecular flexibility index (Phi) is 4.21. The van der Waals surface area contributed by atoms with E-state index in [1.807, 2.05) is 60.7 Å². The monoisotopic (exact) mass is 418 g/mol. The fourth-order valence-corrected chi connectivity index (χ4v) is 2.91. The summed E-state index contributed by atoms with van der Waals surface area (Å²) in [6.45, 7) is 4.07. The number of nitrogens with zero attached hydrogens (tertiary/aromatic N) is 1. The van der Waals surface area contributed by atoms with E-state index in [1.165, 1.54) is 0 Å². The van der Waals surface area contributed by atoms with Crippen LogP contribution in [-0.4, -0.2) is 9.97 Å². The summed E-state index contributed by atoms with van der Waals surface area (Å²) in [4.78, 5) is 19.3. The van der Waals surface area contributed by atoms with Gasteiger partial charge in [-0.25, -0.2) is 4.98 Å². The predicted molar refractivity (Wildman–Crippen MR) is 84.8 cm³/mol. The van der Waals surface area contributed by atoms with E-state index in [2.05, 4.69) is 25.9 Å². The summed E-state index contributed by atoms with van der Waals surface area (Å²) < 4.78 is 1.63. The van der Waals surface area contributed by atoms with Crippen molar-refractivity contribution in [3.63, 3.8) is 0 Å². The van der Waals surface area contributed by atoms with E-state index in [0.717, 1.165) is 15.7 Å². The Morgan fingerprint density at radius 3 is 2.72 bits per heavy atom. The maximum absolute atomic E-state index is 11.9. The summed E-state index contributed by atoms with van der Waals surface area (Å²) in [6, 6.07) is 7.74. The zero-order chi connectivity index (χ0) is 13.3. The van der Waals surface area contributed by atoms with E-state index in [1.54, 1.807) is 0 Å². The van der Waals surface area contributed by atoms with Crippen molar-refractivity contribution in [2.45, 2.75) is 19.8 Å². The van der Waals surface area contributed by atoms with Crippen LogP contribution in [0.3, 0.4) is 0 Å². The maximum Gasteiger partial charge on any atom is 0.264 e. The van der Waals surface area contributed by atoms with E-state index >= 15 is 0 Å². The lowest BCUT2D eigenvalue weighted by Crippen LogP contribution is -2.17. The van der Waals surface area contributed by atoms with Gasteiger partial charge in [-0.3, -0.25) is 4.79 Å². The van der Waals surface area contributed by atoms with Gasteiger partial charge in [0.15, 0.2) is 0 Å². The van der Waals surface area contributed by atoms with Crippen LogP contribution in [0.1, 0.15) is 25.5 Å². The molecule has 0 unspecified atom stereocenters. The third kappa shape index (κ3) is 2.83. The lowest BCUT2D eigenvalue weighted by atomic mass is 10.1. The van der Waals surface area contributed by atoms with Gasteiger partial charge in [0, 0.05) is 10.0 Å². The number of rotatable bonds is 2. The van der Waals surface area contributed by atoms with Crippen molar-refractivity contribution in [3.05, 3.63) is 48.4 Å². The average molecular weight is 419 g/mol. The number of hydrogen-bond acceptors (Lipinski definition) is 2. The Hall–Kier alpha value is -0.690. The molecule has 1 aromatic carbocycles. The lowest BCUT2D eigenvalue weighted by Gasteiger charge is -2.09. The van der Waals surface area contributed by atoms with Crippen molar-refractivity contribution in [3.8, 4) is 11.4 Å². The number of aromatic nitrogens is 2. The molecule has 0 fully saturated rings. The van der Waals surface area contributed by atoms with Crippen molar-refractivity contribution < 1.29 is 0 Å². The fourth-order valence-electron chi connectivity index (χ4n) is 1.63. The number of hydrogen-bond donors (Lipinski definition) is 1. The predicted octanol–water partition coefficient (Wildman–Crippen LogP) is 3.93. The molecule has 1 N–H and O–H groups in total. The molecule has 0 saturated heterocycles. The Labute approximate surface area is 127 Å². The molecule has 0 amide bonds. The summed E-state index contributed by atoms with van der Waals surface area (Å²) in [5.74, 6) is 0.843. The Balaban J connectivity index is 2.63. The molecule has 0 bridgehead atoms. The minimum atomic E-state index is -0.0794. The highest BCUT2D eigenvalue weighted by Gasteiger charge is 2.13. The smallest absolute Gasteiger partial charge is 0.264 e. The molecule has 0 atom stereocenters. The standard InChI is InChI=1S/C13H12BrIN2O/c1-7(2)11-10(15)13(18)17-12(16-11)8-4-3-5-9(14)6-8/h3-7H,1-2H3,(H,16,17,18). The Morgan fingerprint density at radius 2 is 2.11 bits per heavy atom. The van der Waals surface area contributed by atoms with E-state index in [0.29, 0.717) is 9.39 Å². The zero-order valence-corrected chi connectivity index (χ0v) is 13.7. The molecule has 0 spiro atoms. The van der Waals surface area contributed by atoms with Crippen molar-refractivity contribution in [1.29, 1.82) is 0 Å². The van der Waals surface area contributed by atoms with Gasteiger partial charge in [0.25, 0.3) is 5.56 Å². The SMILES string of the molecule is CC(C)c1nc(-c2cccc(Br)c2)[nH]c(=O)c1I. The topological polar surface area (TPSA) is 45.8 Å². The summed E-state index contributed by atoms with van der Waals surface area (Å²) >= 11 is 5.47. The number of benzene rings is 1. The van der Waals surface area contributed by atoms with Crippen LogP contribution in [-0.2, 0) is 0 Å². The molecule has 0 radical (unpaired) electrons. The highest BCUT2D eigenvalue weighted by Crippen LogP contribution is 2.22. The highest BCUT2D eigenvalue weighted by molar-refractivity contribution is 14.1. The second-order valence-electron chi connectivity index (χ2n) is 4.28. The third-order valence-corrected chi connectivity index (χ3v) is 4.07. The van der Waals surface area contributed by atoms with Gasteiger partial charge in [0.2, 0.25) is 0 Å². The second kappa shape index (κ2) is 5.52.